The molecule has 0 unspecified atom stereocenters. The number of carbonyl (C=O) groups is 3. The van der Waals surface area contributed by atoms with Gasteiger partial charge in [-0.15, -0.1) is 0 Å². The molecule has 7 aliphatic rings. The normalized spacial score (nSPS) is 29.4. The minimum absolute atomic E-state index is 0.00242. The Labute approximate surface area is 444 Å². The number of piperidine rings is 1. The van der Waals surface area contributed by atoms with Gasteiger partial charge in [-0.25, -0.2) is 4.79 Å². The minimum atomic E-state index is -1.72. The molecule has 2 fully saturated rings. The summed E-state index contributed by atoms with van der Waals surface area (Å²) in [6, 6.07) is 5.96. The number of aldehydes is 1. The van der Waals surface area contributed by atoms with Crippen LogP contribution in [-0.2, 0) is 43.3 Å². The summed E-state index contributed by atoms with van der Waals surface area (Å²) in [5.41, 5.74) is 1.50. The highest BCUT2D eigenvalue weighted by molar-refractivity contribution is 6.11. The van der Waals surface area contributed by atoms with E-state index in [1.807, 2.05) is 36.5 Å². The second-order valence-electron chi connectivity index (χ2n) is 22.3. The van der Waals surface area contributed by atoms with Crippen LogP contribution in [0.3, 0.4) is 0 Å². The number of aliphatic hydroxyl groups excluding tert-OH is 5. The van der Waals surface area contributed by atoms with E-state index in [2.05, 4.69) is 22.9 Å². The molecule has 1 saturated carbocycles. The quantitative estimate of drug-likeness (QED) is 0.0358. The van der Waals surface area contributed by atoms with Crippen molar-refractivity contribution >= 4 is 34.5 Å². The highest BCUT2D eigenvalue weighted by Crippen LogP contribution is 2.64. The third-order valence-corrected chi connectivity index (χ3v) is 18.0. The van der Waals surface area contributed by atoms with Gasteiger partial charge in [-0.1, -0.05) is 43.9 Å². The monoisotopic (exact) mass is 1050 g/mol. The molecule has 2 bridgehead atoms. The molecule has 1 aromatic heterocycles. The fourth-order valence-corrected chi connectivity index (χ4v) is 14.4. The zero-order valence-corrected chi connectivity index (χ0v) is 44.2. The summed E-state index contributed by atoms with van der Waals surface area (Å²) in [5.74, 6) is -4.97. The first-order valence-corrected chi connectivity index (χ1v) is 27.8. The summed E-state index contributed by atoms with van der Waals surface area (Å²) in [7, 11) is 1.69. The van der Waals surface area contributed by atoms with Crippen LogP contribution < -0.4 is 14.2 Å². The van der Waals surface area contributed by atoms with Gasteiger partial charge in [0.1, 0.15) is 28.6 Å². The second-order valence-corrected chi connectivity index (χ2v) is 22.3. The molecule has 410 valence electrons. The fraction of sp³-hybridized carbons (Fsp3) is 0.583. The molecule has 16 heteroatoms. The van der Waals surface area contributed by atoms with E-state index in [9.17, 15) is 45.0 Å². The predicted octanol–water partition coefficient (Wildman–Crippen LogP) is 5.96. The average Bonchev–Trinajstić information content (AvgIpc) is 4.17. The zero-order chi connectivity index (χ0) is 53.5. The Morgan fingerprint density at radius 2 is 1.89 bits per heavy atom. The third kappa shape index (κ3) is 9.27. The topological polar surface area (TPSA) is 238 Å². The Bertz CT molecular complexity index is 2830. The number of fused-ring (bicyclic) bond motifs is 11. The fourth-order valence-electron chi connectivity index (χ4n) is 14.4. The molecule has 3 aromatic rings. The molecule has 7 N–H and O–H groups in total. The number of benzene rings is 2. The van der Waals surface area contributed by atoms with E-state index in [4.69, 9.17) is 23.7 Å². The van der Waals surface area contributed by atoms with Gasteiger partial charge in [0.2, 0.25) is 5.76 Å². The molecule has 16 nitrogen and oxygen atoms in total. The summed E-state index contributed by atoms with van der Waals surface area (Å²) in [5, 5.41) is 72.4. The lowest BCUT2D eigenvalue weighted by atomic mass is 9.49. The van der Waals surface area contributed by atoms with Gasteiger partial charge in [0.25, 0.3) is 0 Å². The number of methoxy groups -OCH3 is 1. The van der Waals surface area contributed by atoms with Gasteiger partial charge < -0.3 is 64.2 Å². The number of likely N-dealkylation sites (tertiary alicyclic amines) is 1. The van der Waals surface area contributed by atoms with Gasteiger partial charge in [-0.2, -0.15) is 0 Å². The van der Waals surface area contributed by atoms with Crippen molar-refractivity contribution in [1.82, 2.24) is 9.88 Å². The Morgan fingerprint density at radius 3 is 2.63 bits per heavy atom. The molecular formula is C60H76N2O14. The third-order valence-electron chi connectivity index (χ3n) is 18.0. The smallest absolute Gasteiger partial charge is 0.375 e. The first kappa shape index (κ1) is 54.2. The number of hydrogen-bond acceptors (Lipinski definition) is 15. The number of Topliss-reactive ketones (excluding diaryl/α,β-unsaturated/α-hetero) is 1. The van der Waals surface area contributed by atoms with Gasteiger partial charge >= 0.3 is 5.97 Å². The standard InChI is InChI=1S/C60H76N2O14/c1-4-6-7-9-49(68)43-25-39-28-62(18-8-21-72-3)19-14-47(39)60(71)52(43)35(15-20-63)12-16-59(60)27-44-54(76-59)46(32-67)56-51-50(45(31-66)57(75-56)58(70)73-5-2)38-22-40(30-65)53(69)42(24-38)41-23-37-13-17-61-48(37)26-36(41)11-10-34(29-64)33-74-55(44)51/h12-13,16-17,23,25-26,31,34-35,39-40,42,47,49,52,61,63-65,67-68,71H,4-11,14-15,18-22,24,27-30,32-33H2,1-3H3/t34-,35+,39-,40+,42-,47-,49-,52-,59+,60+/m1/s1. The highest BCUT2D eigenvalue weighted by atomic mass is 16.6. The number of aryl methyl sites for hydroxylation is 1. The van der Waals surface area contributed by atoms with E-state index in [1.54, 1.807) is 14.0 Å². The van der Waals surface area contributed by atoms with Crippen molar-refractivity contribution in [3.63, 3.8) is 0 Å². The van der Waals surface area contributed by atoms with E-state index < -0.39 is 71.8 Å². The molecule has 0 amide bonds. The van der Waals surface area contributed by atoms with Crippen molar-refractivity contribution in [1.29, 1.82) is 0 Å². The molecule has 1 spiro atoms. The predicted molar refractivity (Wildman–Crippen MR) is 282 cm³/mol. The maximum Gasteiger partial charge on any atom is 0.375 e. The van der Waals surface area contributed by atoms with E-state index in [1.165, 1.54) is 0 Å². The number of unbranched alkanes of at least 4 members (excludes halogenated alkanes) is 2. The molecule has 3 aliphatic carbocycles. The Hall–Kier alpha value is -5.17. The van der Waals surface area contributed by atoms with Crippen molar-refractivity contribution in [2.24, 2.45) is 35.5 Å². The van der Waals surface area contributed by atoms with Crippen LogP contribution in [0.25, 0.3) is 16.5 Å². The molecule has 2 aromatic carbocycles. The summed E-state index contributed by atoms with van der Waals surface area (Å²) >= 11 is 0. The lowest BCUT2D eigenvalue weighted by Crippen LogP contribution is -2.72. The van der Waals surface area contributed by atoms with Crippen molar-refractivity contribution in [2.45, 2.75) is 121 Å². The number of aliphatic hydroxyl groups is 6. The first-order chi connectivity index (χ1) is 36.9. The Morgan fingerprint density at radius 1 is 1.05 bits per heavy atom. The Balaban J connectivity index is 1.21. The van der Waals surface area contributed by atoms with Crippen LogP contribution in [0.5, 0.6) is 17.2 Å². The number of aromatic amines is 1. The average molecular weight is 1050 g/mol. The number of nitrogens with zero attached hydrogens (tertiary/aromatic N) is 1. The van der Waals surface area contributed by atoms with E-state index >= 15 is 0 Å². The SMILES string of the molecule is CCCCC[C@@H](O)C1=C[C@@H]2CN(CCCOC)CC[C@H]2[C@]2(O)[C@@H]1[C@H](CCO)C=C[C@]21Cc2c(c(CO)c3c4c2OC[C@@H](CO)CCc2cc5[nH]ccc5cc2[C@H]2CC(=C4C(C=O)=C(C(=O)OCC)O3)C[C@@H](CO)C2=O)O1. The van der Waals surface area contributed by atoms with Crippen LogP contribution in [0.4, 0.5) is 0 Å². The maximum atomic E-state index is 14.7. The molecule has 10 rings (SSSR count). The number of H-pyrrole nitrogens is 1. The molecule has 4 aliphatic heterocycles. The Kier molecular flexibility index (Phi) is 16.2. The van der Waals surface area contributed by atoms with Crippen LogP contribution in [-0.4, -0.2) is 142 Å². The van der Waals surface area contributed by atoms with E-state index in [-0.39, 0.29) is 103 Å². The number of carbonyl (C=O) groups excluding carboxylic acids is 3. The number of esters is 1. The van der Waals surface area contributed by atoms with Crippen molar-refractivity contribution in [3.05, 3.63) is 92.9 Å². The molecular weight excluding hydrogens is 973 g/mol. The number of ether oxygens (including phenoxy) is 5. The number of aromatic nitrogens is 1. The molecule has 0 radical (unpaired) electrons. The minimum Gasteiger partial charge on any atom is -0.492 e. The van der Waals surface area contributed by atoms with Crippen molar-refractivity contribution in [2.75, 3.05) is 66.4 Å². The van der Waals surface area contributed by atoms with Crippen LogP contribution in [0, 0.1) is 35.5 Å². The number of ketones is 1. The van der Waals surface area contributed by atoms with Gasteiger partial charge in [0, 0.05) is 98.9 Å². The largest absolute Gasteiger partial charge is 0.492 e. The summed E-state index contributed by atoms with van der Waals surface area (Å²) < 4.78 is 32.2. The number of allylic oxidation sites excluding steroid dienone is 4. The van der Waals surface area contributed by atoms with Crippen molar-refractivity contribution in [3.8, 4) is 17.2 Å². The number of rotatable bonds is 17. The van der Waals surface area contributed by atoms with Gasteiger partial charge in [-0.05, 0) is 123 Å². The molecule has 76 heavy (non-hydrogen) atoms. The van der Waals surface area contributed by atoms with Crippen LogP contribution in [0.1, 0.15) is 112 Å². The summed E-state index contributed by atoms with van der Waals surface area (Å²) in [4.78, 5) is 48.5. The van der Waals surface area contributed by atoms with Crippen LogP contribution in [0.2, 0.25) is 0 Å². The van der Waals surface area contributed by atoms with Crippen LogP contribution >= 0.6 is 0 Å². The van der Waals surface area contributed by atoms with Crippen molar-refractivity contribution < 1.29 is 68.7 Å². The highest BCUT2D eigenvalue weighted by Gasteiger charge is 2.69. The lowest BCUT2D eigenvalue weighted by molar-refractivity contribution is -0.202. The summed E-state index contributed by atoms with van der Waals surface area (Å²) in [6.45, 7) is 4.79. The first-order valence-electron chi connectivity index (χ1n) is 27.8. The van der Waals surface area contributed by atoms with Crippen LogP contribution in [0.15, 0.2) is 65.1 Å². The number of hydrogen-bond donors (Lipinski definition) is 7. The molecule has 1 saturated heterocycles. The molecule has 10 atom stereocenters. The van der Waals surface area contributed by atoms with Gasteiger partial charge in [0.05, 0.1) is 49.2 Å². The summed E-state index contributed by atoms with van der Waals surface area (Å²) in [6.07, 6.45) is 13.5. The lowest BCUT2D eigenvalue weighted by Gasteiger charge is -2.61. The van der Waals surface area contributed by atoms with E-state index in [0.29, 0.717) is 69.2 Å². The van der Waals surface area contributed by atoms with E-state index in [0.717, 1.165) is 59.8 Å². The second kappa shape index (κ2) is 22.7. The maximum absolute atomic E-state index is 14.7. The molecule has 5 heterocycles. The van der Waals surface area contributed by atoms with Gasteiger partial charge in [-0.3, -0.25) is 9.59 Å². The number of nitrogens with one attached hydrogen (secondary N) is 1. The van der Waals surface area contributed by atoms with Gasteiger partial charge in [0.15, 0.2) is 11.9 Å². The zero-order valence-electron chi connectivity index (χ0n) is 44.2.